The van der Waals surface area contributed by atoms with Gasteiger partial charge in [-0.25, -0.2) is 9.80 Å². The van der Waals surface area contributed by atoms with Gasteiger partial charge in [-0.15, -0.1) is 0 Å². The maximum atomic E-state index is 11.4. The summed E-state index contributed by atoms with van der Waals surface area (Å²) in [6, 6.07) is 0.547. The van der Waals surface area contributed by atoms with Crippen molar-refractivity contribution in [2.75, 3.05) is 13.1 Å². The van der Waals surface area contributed by atoms with E-state index in [1.54, 1.807) is 0 Å². The fraction of sp³-hybridized carbons (Fsp3) is 0.818. The van der Waals surface area contributed by atoms with Gasteiger partial charge in [-0.1, -0.05) is 6.92 Å². The Balaban J connectivity index is 1.92. The maximum Gasteiger partial charge on any atom is 0.407 e. The molecule has 0 saturated carbocycles. The van der Waals surface area contributed by atoms with Crippen LogP contribution in [0.5, 0.6) is 0 Å². The first-order chi connectivity index (χ1) is 8.11. The van der Waals surface area contributed by atoms with E-state index >= 15 is 0 Å². The Morgan fingerprint density at radius 2 is 2.12 bits per heavy atom. The number of hydrazine groups is 1. The molecule has 1 unspecified atom stereocenters. The smallest absolute Gasteiger partial charge is 0.407 e. The van der Waals surface area contributed by atoms with Crippen LogP contribution in [0.2, 0.25) is 0 Å². The Morgan fingerprint density at radius 1 is 1.47 bits per heavy atom. The zero-order chi connectivity index (χ0) is 12.4. The third-order valence-corrected chi connectivity index (χ3v) is 3.67. The topological polar surface area (TPSA) is 72.9 Å². The summed E-state index contributed by atoms with van der Waals surface area (Å²) in [5, 5.41) is 10.9. The fourth-order valence-corrected chi connectivity index (χ4v) is 2.66. The van der Waals surface area contributed by atoms with Crippen molar-refractivity contribution in [2.24, 2.45) is 0 Å². The van der Waals surface area contributed by atoms with Crippen molar-refractivity contribution < 1.29 is 14.7 Å². The Bertz CT molecular complexity index is 313. The minimum absolute atomic E-state index is 0.0810. The van der Waals surface area contributed by atoms with E-state index in [0.717, 1.165) is 19.3 Å². The Labute approximate surface area is 101 Å². The number of likely N-dealkylation sites (tertiary alicyclic amines) is 1. The van der Waals surface area contributed by atoms with Crippen molar-refractivity contribution in [3.63, 3.8) is 0 Å². The zero-order valence-electron chi connectivity index (χ0n) is 10.1. The molecule has 17 heavy (non-hydrogen) atoms. The number of carbonyl (C=O) groups excluding carboxylic acids is 1. The molecule has 2 rings (SSSR count). The number of nitrogens with zero attached hydrogens (tertiary/aromatic N) is 2. The molecule has 0 spiro atoms. The van der Waals surface area contributed by atoms with Crippen LogP contribution in [0.15, 0.2) is 0 Å². The summed E-state index contributed by atoms with van der Waals surface area (Å²) in [5.41, 5.74) is 2.90. The molecule has 6 heteroatoms. The van der Waals surface area contributed by atoms with Gasteiger partial charge >= 0.3 is 6.09 Å². The van der Waals surface area contributed by atoms with E-state index in [1.807, 2.05) is 5.01 Å². The summed E-state index contributed by atoms with van der Waals surface area (Å²) in [5.74, 6) is 0.0810. The summed E-state index contributed by atoms with van der Waals surface area (Å²) in [7, 11) is 0. The van der Waals surface area contributed by atoms with Gasteiger partial charge < -0.3 is 10.0 Å². The number of rotatable bonds is 2. The molecule has 2 amide bonds. The minimum atomic E-state index is -0.846. The number of hydrogen-bond donors (Lipinski definition) is 2. The highest BCUT2D eigenvalue weighted by Gasteiger charge is 2.36. The first-order valence-corrected chi connectivity index (χ1v) is 6.17. The van der Waals surface area contributed by atoms with Crippen molar-refractivity contribution in [1.82, 2.24) is 15.3 Å². The quantitative estimate of drug-likeness (QED) is 0.744. The molecule has 2 N–H and O–H groups in total. The van der Waals surface area contributed by atoms with Crippen LogP contribution in [0.25, 0.3) is 0 Å². The first-order valence-electron chi connectivity index (χ1n) is 6.17. The molecule has 0 aromatic carbocycles. The lowest BCUT2D eigenvalue weighted by Gasteiger charge is -2.37. The monoisotopic (exact) mass is 241 g/mol. The standard InChI is InChI=1S/C11H19N3O3/c1-2-8-7-10(15)12-14(8)9-3-5-13(6-4-9)11(16)17/h8-9H,2-7H2,1H3,(H,12,15)(H,16,17). The molecular weight excluding hydrogens is 222 g/mol. The molecule has 0 bridgehead atoms. The number of hydrogen-bond acceptors (Lipinski definition) is 3. The van der Waals surface area contributed by atoms with Gasteiger partial charge in [0.2, 0.25) is 5.91 Å². The van der Waals surface area contributed by atoms with Crippen LogP contribution in [-0.2, 0) is 4.79 Å². The van der Waals surface area contributed by atoms with Crippen LogP contribution in [0.1, 0.15) is 32.6 Å². The highest BCUT2D eigenvalue weighted by atomic mass is 16.4. The summed E-state index contributed by atoms with van der Waals surface area (Å²) < 4.78 is 0. The lowest BCUT2D eigenvalue weighted by atomic mass is 10.0. The van der Waals surface area contributed by atoms with E-state index in [9.17, 15) is 9.59 Å². The third kappa shape index (κ3) is 2.52. The SMILES string of the molecule is CCC1CC(=O)NN1C1CCN(C(=O)O)CC1. The molecule has 96 valence electrons. The third-order valence-electron chi connectivity index (χ3n) is 3.67. The molecule has 6 nitrogen and oxygen atoms in total. The first kappa shape index (κ1) is 12.2. The van der Waals surface area contributed by atoms with Gasteiger partial charge in [-0.3, -0.25) is 10.2 Å². The van der Waals surface area contributed by atoms with Crippen LogP contribution in [0, 0.1) is 0 Å². The van der Waals surface area contributed by atoms with Crippen molar-refractivity contribution in [2.45, 2.75) is 44.7 Å². The van der Waals surface area contributed by atoms with Crippen molar-refractivity contribution >= 4 is 12.0 Å². The lowest BCUT2D eigenvalue weighted by molar-refractivity contribution is -0.121. The highest BCUT2D eigenvalue weighted by molar-refractivity contribution is 5.78. The second-order valence-corrected chi connectivity index (χ2v) is 4.71. The Hall–Kier alpha value is -1.30. The van der Waals surface area contributed by atoms with Gasteiger partial charge in [0.05, 0.1) is 0 Å². The highest BCUT2D eigenvalue weighted by Crippen LogP contribution is 2.23. The van der Waals surface area contributed by atoms with E-state index in [1.165, 1.54) is 4.90 Å². The number of carboxylic acid groups (broad SMARTS) is 1. The van der Waals surface area contributed by atoms with E-state index in [4.69, 9.17) is 5.11 Å². The van der Waals surface area contributed by atoms with E-state index in [2.05, 4.69) is 12.3 Å². The molecule has 2 fully saturated rings. The predicted octanol–water partition coefficient (Wildman–Crippen LogP) is 0.644. The second-order valence-electron chi connectivity index (χ2n) is 4.71. The summed E-state index contributed by atoms with van der Waals surface area (Å²) in [4.78, 5) is 23.6. The molecule has 2 aliphatic rings. The zero-order valence-corrected chi connectivity index (χ0v) is 10.1. The van der Waals surface area contributed by atoms with Crippen LogP contribution >= 0.6 is 0 Å². The number of carbonyl (C=O) groups is 2. The summed E-state index contributed by atoms with van der Waals surface area (Å²) in [6.45, 7) is 3.19. The van der Waals surface area contributed by atoms with Gasteiger partial charge in [0.1, 0.15) is 0 Å². The van der Waals surface area contributed by atoms with E-state index < -0.39 is 6.09 Å². The van der Waals surface area contributed by atoms with Crippen molar-refractivity contribution in [3.05, 3.63) is 0 Å². The Kier molecular flexibility index (Phi) is 3.51. The normalized spacial score (nSPS) is 27.2. The molecular formula is C11H19N3O3. The van der Waals surface area contributed by atoms with Gasteiger partial charge in [-0.2, -0.15) is 0 Å². The van der Waals surface area contributed by atoms with Crippen LogP contribution in [0.4, 0.5) is 4.79 Å². The summed E-state index contributed by atoms with van der Waals surface area (Å²) in [6.07, 6.45) is 2.25. The van der Waals surface area contributed by atoms with Crippen LogP contribution < -0.4 is 5.43 Å². The van der Waals surface area contributed by atoms with Gasteiger partial charge in [-0.05, 0) is 19.3 Å². The molecule has 2 heterocycles. The fourth-order valence-electron chi connectivity index (χ4n) is 2.66. The molecule has 0 aliphatic carbocycles. The molecule has 2 saturated heterocycles. The lowest BCUT2D eigenvalue weighted by Crippen LogP contribution is -2.51. The largest absolute Gasteiger partial charge is 0.465 e. The summed E-state index contributed by atoms with van der Waals surface area (Å²) >= 11 is 0. The van der Waals surface area contributed by atoms with E-state index in [-0.39, 0.29) is 18.0 Å². The number of piperidine rings is 1. The predicted molar refractivity (Wildman–Crippen MR) is 61.3 cm³/mol. The molecule has 1 atom stereocenters. The van der Waals surface area contributed by atoms with E-state index in [0.29, 0.717) is 19.5 Å². The molecule has 0 aromatic rings. The maximum absolute atomic E-state index is 11.4. The van der Waals surface area contributed by atoms with Crippen LogP contribution in [0.3, 0.4) is 0 Å². The van der Waals surface area contributed by atoms with Gasteiger partial charge in [0.25, 0.3) is 0 Å². The minimum Gasteiger partial charge on any atom is -0.465 e. The van der Waals surface area contributed by atoms with Gasteiger partial charge in [0, 0.05) is 31.6 Å². The number of amides is 2. The van der Waals surface area contributed by atoms with Crippen LogP contribution in [-0.4, -0.2) is 52.2 Å². The molecule has 0 radical (unpaired) electrons. The molecule has 2 aliphatic heterocycles. The second kappa shape index (κ2) is 4.91. The average molecular weight is 241 g/mol. The van der Waals surface area contributed by atoms with Crippen molar-refractivity contribution in [1.29, 1.82) is 0 Å². The van der Waals surface area contributed by atoms with Crippen molar-refractivity contribution in [3.8, 4) is 0 Å². The number of nitrogens with one attached hydrogen (secondary N) is 1. The van der Waals surface area contributed by atoms with Gasteiger partial charge in [0.15, 0.2) is 0 Å². The molecule has 0 aromatic heterocycles. The Morgan fingerprint density at radius 3 is 2.65 bits per heavy atom. The average Bonchev–Trinajstić information content (AvgIpc) is 2.70.